The SMILES string of the molecule is CCCCCCC(=O)OC(F)(F)C(F)(F)C(F)(F)C(F)(F)C(F)(F)C(F)(F)C(F)(F)C(C)(F)F.O=C(O)C1CCC(C2CCCCC2)CC1. The largest absolute Gasteiger partial charge is 0.481 e. The number of hydrogen-bond donors (Lipinski definition) is 1. The van der Waals surface area contributed by atoms with E-state index in [1.54, 1.807) is 6.92 Å². The number of carbonyl (C=O) groups is 2. The molecule has 0 aromatic rings. The number of unbranched alkanes of at least 4 members (excludes halogenated alkanes) is 3. The molecule has 0 aromatic heterocycles. The molecule has 0 heterocycles. The van der Waals surface area contributed by atoms with E-state index in [9.17, 15) is 79.8 Å². The predicted molar refractivity (Wildman–Crippen MR) is 140 cm³/mol. The maximum Gasteiger partial charge on any atom is 0.473 e. The van der Waals surface area contributed by atoms with Gasteiger partial charge in [0.15, 0.2) is 0 Å². The summed E-state index contributed by atoms with van der Waals surface area (Å²) in [6.07, 6.45) is 3.55. The molecule has 0 aliphatic heterocycles. The van der Waals surface area contributed by atoms with E-state index < -0.39 is 72.8 Å². The van der Waals surface area contributed by atoms with Crippen LogP contribution >= 0.6 is 0 Å². The summed E-state index contributed by atoms with van der Waals surface area (Å²) in [6.45, 7) is 0.391. The zero-order chi connectivity index (χ0) is 38.5. The minimum absolute atomic E-state index is 0.0372. The van der Waals surface area contributed by atoms with E-state index in [0.717, 1.165) is 24.7 Å². The second kappa shape index (κ2) is 16.0. The number of esters is 1. The van der Waals surface area contributed by atoms with Crippen molar-refractivity contribution >= 4 is 11.9 Å². The summed E-state index contributed by atoms with van der Waals surface area (Å²) in [4.78, 5) is 22.0. The van der Waals surface area contributed by atoms with Crippen LogP contribution < -0.4 is 0 Å². The van der Waals surface area contributed by atoms with Crippen molar-refractivity contribution in [3.63, 3.8) is 0 Å². The van der Waals surface area contributed by atoms with Crippen molar-refractivity contribution in [3.05, 3.63) is 0 Å². The zero-order valence-electron chi connectivity index (χ0n) is 26.4. The summed E-state index contributed by atoms with van der Waals surface area (Å²) in [5, 5.41) is 8.93. The van der Waals surface area contributed by atoms with Crippen LogP contribution in [0, 0.1) is 17.8 Å². The van der Waals surface area contributed by atoms with E-state index in [2.05, 4.69) is 4.74 Å². The number of ether oxygens (including phenoxy) is 1. The smallest absolute Gasteiger partial charge is 0.473 e. The van der Waals surface area contributed by atoms with Crippen molar-refractivity contribution in [1.29, 1.82) is 0 Å². The lowest BCUT2D eigenvalue weighted by atomic mass is 9.71. The number of carboxylic acids is 1. The molecule has 0 bridgehead atoms. The van der Waals surface area contributed by atoms with Crippen molar-refractivity contribution in [1.82, 2.24) is 0 Å². The number of carbonyl (C=O) groups excluding carboxylic acids is 1. The van der Waals surface area contributed by atoms with E-state index in [0.29, 0.717) is 12.8 Å². The second-order valence-electron chi connectivity index (χ2n) is 12.5. The number of alkyl halides is 16. The summed E-state index contributed by atoms with van der Waals surface area (Å²) in [6, 6.07) is 0. The molecule has 0 radical (unpaired) electrons. The first-order chi connectivity index (χ1) is 22.0. The molecule has 49 heavy (non-hydrogen) atoms. The normalized spacial score (nSPS) is 21.1. The first-order valence-electron chi connectivity index (χ1n) is 15.4. The molecule has 20 heteroatoms. The Morgan fingerprint density at radius 2 is 0.980 bits per heavy atom. The fourth-order valence-electron chi connectivity index (χ4n) is 5.64. The molecule has 0 amide bonds. The highest BCUT2D eigenvalue weighted by molar-refractivity contribution is 5.70. The van der Waals surface area contributed by atoms with E-state index in [4.69, 9.17) is 5.11 Å². The molecule has 2 rings (SSSR count). The van der Waals surface area contributed by atoms with Crippen molar-refractivity contribution in [3.8, 4) is 0 Å². The Kier molecular flexibility index (Phi) is 14.7. The summed E-state index contributed by atoms with van der Waals surface area (Å²) in [7, 11) is 0. The molecule has 0 saturated heterocycles. The molecule has 2 saturated carbocycles. The highest BCUT2D eigenvalue weighted by Gasteiger charge is 2.95. The van der Waals surface area contributed by atoms with Crippen LogP contribution in [0.3, 0.4) is 0 Å². The lowest BCUT2D eigenvalue weighted by Crippen LogP contribution is -2.74. The number of aliphatic carboxylic acids is 1. The van der Waals surface area contributed by atoms with Gasteiger partial charge in [-0.25, -0.2) is 0 Å². The van der Waals surface area contributed by atoms with Gasteiger partial charge in [0, 0.05) is 13.3 Å². The molecule has 1 N–H and O–H groups in total. The zero-order valence-corrected chi connectivity index (χ0v) is 26.4. The van der Waals surface area contributed by atoms with Gasteiger partial charge in [-0.05, 0) is 43.9 Å². The number of carboxylic acid groups (broad SMARTS) is 1. The van der Waals surface area contributed by atoms with Crippen molar-refractivity contribution in [2.24, 2.45) is 17.8 Å². The highest BCUT2D eigenvalue weighted by Crippen LogP contribution is 2.63. The number of halogens is 16. The van der Waals surface area contributed by atoms with E-state index in [-0.39, 0.29) is 18.8 Å². The van der Waals surface area contributed by atoms with Gasteiger partial charge in [-0.3, -0.25) is 9.59 Å². The first-order valence-corrected chi connectivity index (χ1v) is 15.4. The fraction of sp³-hybridized carbons (Fsp3) is 0.931. The summed E-state index contributed by atoms with van der Waals surface area (Å²) < 4.78 is 216. The lowest BCUT2D eigenvalue weighted by molar-refractivity contribution is -0.467. The molecular formula is C29H38F16O4. The molecule has 0 atom stereocenters. The number of hydrogen-bond acceptors (Lipinski definition) is 3. The molecular weight excluding hydrogens is 716 g/mol. The Hall–Kier alpha value is -2.18. The van der Waals surface area contributed by atoms with Crippen LogP contribution in [-0.4, -0.2) is 64.6 Å². The van der Waals surface area contributed by atoms with Crippen LogP contribution in [0.15, 0.2) is 0 Å². The van der Waals surface area contributed by atoms with E-state index >= 15 is 0 Å². The standard InChI is InChI=1S/C16H16F16O2.C13H22O2/c1-3-4-5-6-7-8(33)34-16(31,32)15(29,30)14(27,28)13(25,26)12(23,24)11(21,22)10(19,20)9(2,17)18;14-13(15)12-8-6-11(7-9-12)10-4-2-1-3-5-10/h3-7H2,1-2H3;10-12H,1-9H2,(H,14,15). The monoisotopic (exact) mass is 754 g/mol. The molecule has 2 aliphatic rings. The van der Waals surface area contributed by atoms with Gasteiger partial charge in [-0.15, -0.1) is 0 Å². The van der Waals surface area contributed by atoms with Gasteiger partial charge in [-0.2, -0.15) is 70.2 Å². The Labute approximate surface area is 271 Å². The molecule has 290 valence electrons. The molecule has 2 aliphatic carbocycles. The van der Waals surface area contributed by atoms with Crippen LogP contribution in [0.2, 0.25) is 0 Å². The van der Waals surface area contributed by atoms with Crippen molar-refractivity contribution < 1.29 is 89.7 Å². The Morgan fingerprint density at radius 1 is 0.571 bits per heavy atom. The van der Waals surface area contributed by atoms with Gasteiger partial charge in [0.1, 0.15) is 0 Å². The Morgan fingerprint density at radius 3 is 1.39 bits per heavy atom. The van der Waals surface area contributed by atoms with Gasteiger partial charge in [0.2, 0.25) is 0 Å². The maximum atomic E-state index is 13.6. The van der Waals surface area contributed by atoms with Gasteiger partial charge in [-0.1, -0.05) is 58.3 Å². The topological polar surface area (TPSA) is 63.6 Å². The quantitative estimate of drug-likeness (QED) is 0.103. The van der Waals surface area contributed by atoms with E-state index in [1.165, 1.54) is 44.9 Å². The van der Waals surface area contributed by atoms with E-state index in [1.807, 2.05) is 0 Å². The van der Waals surface area contributed by atoms with Crippen LogP contribution in [0.4, 0.5) is 70.2 Å². The average molecular weight is 755 g/mol. The average Bonchev–Trinajstić information content (AvgIpc) is 2.98. The predicted octanol–water partition coefficient (Wildman–Crippen LogP) is 11.0. The maximum absolute atomic E-state index is 13.6. The van der Waals surface area contributed by atoms with Crippen LogP contribution in [0.25, 0.3) is 0 Å². The fourth-order valence-corrected chi connectivity index (χ4v) is 5.64. The molecule has 4 nitrogen and oxygen atoms in total. The molecule has 0 aromatic carbocycles. The van der Waals surface area contributed by atoms with Crippen LogP contribution in [0.1, 0.15) is 104 Å². The summed E-state index contributed by atoms with van der Waals surface area (Å²) >= 11 is 0. The Balaban J connectivity index is 0.000000654. The minimum atomic E-state index is -8.53. The van der Waals surface area contributed by atoms with Crippen LogP contribution in [0.5, 0.6) is 0 Å². The van der Waals surface area contributed by atoms with Crippen molar-refractivity contribution in [2.45, 2.75) is 151 Å². The number of rotatable bonds is 15. The first kappa shape index (κ1) is 44.8. The highest BCUT2D eigenvalue weighted by atomic mass is 19.4. The van der Waals surface area contributed by atoms with Crippen molar-refractivity contribution in [2.75, 3.05) is 0 Å². The van der Waals surface area contributed by atoms with Crippen LogP contribution in [-0.2, 0) is 14.3 Å². The minimum Gasteiger partial charge on any atom is -0.481 e. The third kappa shape index (κ3) is 9.19. The summed E-state index contributed by atoms with van der Waals surface area (Å²) in [5.74, 6) is -56.6. The van der Waals surface area contributed by atoms with Gasteiger partial charge >= 0.3 is 59.5 Å². The van der Waals surface area contributed by atoms with Gasteiger partial charge < -0.3 is 9.84 Å². The van der Waals surface area contributed by atoms with Gasteiger partial charge in [0.25, 0.3) is 0 Å². The molecule has 2 fully saturated rings. The van der Waals surface area contributed by atoms with Gasteiger partial charge in [0.05, 0.1) is 5.92 Å². The lowest BCUT2D eigenvalue weighted by Gasteiger charge is -2.42. The third-order valence-electron chi connectivity index (χ3n) is 8.80. The molecule has 0 spiro atoms. The molecule has 0 unspecified atom stereocenters. The second-order valence-corrected chi connectivity index (χ2v) is 12.5. The third-order valence-corrected chi connectivity index (χ3v) is 8.80. The summed E-state index contributed by atoms with van der Waals surface area (Å²) in [5.41, 5.74) is 0. The Bertz CT molecular complexity index is 1080.